The Morgan fingerprint density at radius 2 is 1.96 bits per heavy atom. The Labute approximate surface area is 158 Å². The summed E-state index contributed by atoms with van der Waals surface area (Å²) in [4.78, 5) is 26.2. The van der Waals surface area contributed by atoms with E-state index < -0.39 is 0 Å². The van der Waals surface area contributed by atoms with E-state index in [9.17, 15) is 4.79 Å². The van der Waals surface area contributed by atoms with E-state index in [0.29, 0.717) is 23.1 Å². The highest BCUT2D eigenvalue weighted by Gasteiger charge is 2.18. The van der Waals surface area contributed by atoms with Gasteiger partial charge in [0.25, 0.3) is 0 Å². The fourth-order valence-electron chi connectivity index (χ4n) is 3.03. The number of anilines is 1. The van der Waals surface area contributed by atoms with Gasteiger partial charge < -0.3 is 15.6 Å². The minimum absolute atomic E-state index is 0.0244. The Bertz CT molecular complexity index is 964. The van der Waals surface area contributed by atoms with Crippen LogP contribution in [0.4, 0.5) is 10.6 Å². The third-order valence-corrected chi connectivity index (χ3v) is 4.02. The number of hydrogen-bond acceptors (Lipinski definition) is 5. The molecule has 0 spiro atoms. The number of carbonyl (C=O) groups is 1. The van der Waals surface area contributed by atoms with E-state index in [1.165, 1.54) is 0 Å². The van der Waals surface area contributed by atoms with Crippen LogP contribution in [-0.2, 0) is 18.0 Å². The maximum atomic E-state index is 11.7. The van der Waals surface area contributed by atoms with Crippen LogP contribution in [0.2, 0.25) is 0 Å². The molecule has 0 aliphatic rings. The van der Waals surface area contributed by atoms with Crippen LogP contribution in [0.25, 0.3) is 21.9 Å². The number of fused-ring (bicyclic) bond motifs is 3. The summed E-state index contributed by atoms with van der Waals surface area (Å²) in [6.07, 6.45) is 0. The Morgan fingerprint density at radius 3 is 2.67 bits per heavy atom. The Balaban J connectivity index is 1.98. The lowest BCUT2D eigenvalue weighted by Crippen LogP contribution is -2.39. The molecule has 0 aliphatic heterocycles. The molecule has 0 atom stereocenters. The van der Waals surface area contributed by atoms with E-state index in [1.807, 2.05) is 38.1 Å². The molecular formula is C19H26N6O2. The molecule has 8 nitrogen and oxygen atoms in total. The number of nitrogens with two attached hydrogens (primary N) is 1. The van der Waals surface area contributed by atoms with Crippen LogP contribution in [0.15, 0.2) is 24.3 Å². The SMILES string of the molecule is CC(C)Cn1c(CONC(=O)NC(C)C)nc2c(N)nc3ccccc3c21. The van der Waals surface area contributed by atoms with E-state index >= 15 is 0 Å². The molecule has 1 aromatic carbocycles. The standard InChI is InChI=1S/C19H26N6O2/c1-11(2)9-25-15(10-27-24-19(26)21-12(3)4)23-16-17(25)13-7-5-6-8-14(13)22-18(16)20/h5-8,11-12H,9-10H2,1-4H3,(H2,20,22)(H2,21,24,26). The second-order valence-electron chi connectivity index (χ2n) is 7.26. The largest absolute Gasteiger partial charge is 0.382 e. The first-order valence-corrected chi connectivity index (χ1v) is 9.08. The highest BCUT2D eigenvalue weighted by molar-refractivity contribution is 6.06. The maximum absolute atomic E-state index is 11.7. The third-order valence-electron chi connectivity index (χ3n) is 4.02. The number of benzene rings is 1. The van der Waals surface area contributed by atoms with Crippen molar-refractivity contribution < 1.29 is 9.63 Å². The van der Waals surface area contributed by atoms with Gasteiger partial charge in [-0.25, -0.2) is 20.2 Å². The maximum Gasteiger partial charge on any atom is 0.338 e. The number of carbonyl (C=O) groups excluding carboxylic acids is 1. The predicted octanol–water partition coefficient (Wildman–Crippen LogP) is 2.96. The van der Waals surface area contributed by atoms with Gasteiger partial charge in [-0.2, -0.15) is 0 Å². The lowest BCUT2D eigenvalue weighted by atomic mass is 10.1. The van der Waals surface area contributed by atoms with Crippen molar-refractivity contribution in [3.63, 3.8) is 0 Å². The number of hydroxylamine groups is 1. The van der Waals surface area contributed by atoms with Gasteiger partial charge in [0.15, 0.2) is 5.82 Å². The van der Waals surface area contributed by atoms with E-state index in [0.717, 1.165) is 23.0 Å². The van der Waals surface area contributed by atoms with Crippen molar-refractivity contribution >= 4 is 33.8 Å². The van der Waals surface area contributed by atoms with Gasteiger partial charge in [0.2, 0.25) is 0 Å². The summed E-state index contributed by atoms with van der Waals surface area (Å²) in [6, 6.07) is 7.50. The number of nitrogen functional groups attached to an aromatic ring is 1. The molecular weight excluding hydrogens is 344 g/mol. The van der Waals surface area contributed by atoms with Crippen LogP contribution in [0, 0.1) is 5.92 Å². The highest BCUT2D eigenvalue weighted by Crippen LogP contribution is 2.29. The van der Waals surface area contributed by atoms with Crippen molar-refractivity contribution in [1.29, 1.82) is 0 Å². The fourth-order valence-corrected chi connectivity index (χ4v) is 3.03. The molecule has 27 heavy (non-hydrogen) atoms. The Kier molecular flexibility index (Phi) is 5.46. The molecule has 3 aromatic rings. The van der Waals surface area contributed by atoms with Gasteiger partial charge in [-0.1, -0.05) is 32.0 Å². The minimum atomic E-state index is -0.386. The molecule has 2 heterocycles. The molecule has 4 N–H and O–H groups in total. The third kappa shape index (κ3) is 4.11. The molecule has 2 aromatic heterocycles. The zero-order valence-corrected chi connectivity index (χ0v) is 16.1. The first kappa shape index (κ1) is 18.9. The summed E-state index contributed by atoms with van der Waals surface area (Å²) in [5.41, 5.74) is 11.0. The van der Waals surface area contributed by atoms with Crippen LogP contribution in [0.5, 0.6) is 0 Å². The van der Waals surface area contributed by atoms with Gasteiger partial charge in [-0.15, -0.1) is 0 Å². The summed E-state index contributed by atoms with van der Waals surface area (Å²) in [6.45, 7) is 8.90. The van der Waals surface area contributed by atoms with Gasteiger partial charge >= 0.3 is 6.03 Å². The second kappa shape index (κ2) is 7.79. The summed E-state index contributed by atoms with van der Waals surface area (Å²) in [7, 11) is 0. The number of imidazole rings is 1. The summed E-state index contributed by atoms with van der Waals surface area (Å²) < 4.78 is 2.10. The lowest BCUT2D eigenvalue weighted by Gasteiger charge is -2.14. The van der Waals surface area contributed by atoms with Crippen molar-refractivity contribution in [3.05, 3.63) is 30.1 Å². The molecule has 0 aliphatic carbocycles. The van der Waals surface area contributed by atoms with Crippen molar-refractivity contribution in [2.24, 2.45) is 5.92 Å². The van der Waals surface area contributed by atoms with Crippen LogP contribution in [-0.4, -0.2) is 26.6 Å². The van der Waals surface area contributed by atoms with E-state index in [-0.39, 0.29) is 18.7 Å². The number of para-hydroxylation sites is 1. The fraction of sp³-hybridized carbons (Fsp3) is 0.421. The van der Waals surface area contributed by atoms with E-state index in [4.69, 9.17) is 10.6 Å². The summed E-state index contributed by atoms with van der Waals surface area (Å²) in [5.74, 6) is 1.47. The van der Waals surface area contributed by atoms with Crippen LogP contribution in [0.1, 0.15) is 33.5 Å². The molecule has 0 saturated heterocycles. The van der Waals surface area contributed by atoms with Crippen LogP contribution in [0.3, 0.4) is 0 Å². The summed E-state index contributed by atoms with van der Waals surface area (Å²) in [5, 5.41) is 3.70. The van der Waals surface area contributed by atoms with E-state index in [2.05, 4.69) is 39.2 Å². The second-order valence-corrected chi connectivity index (χ2v) is 7.26. The number of amides is 2. The number of pyridine rings is 1. The Morgan fingerprint density at radius 1 is 1.22 bits per heavy atom. The number of aromatic nitrogens is 3. The van der Waals surface area contributed by atoms with Crippen molar-refractivity contribution in [1.82, 2.24) is 25.3 Å². The zero-order chi connectivity index (χ0) is 19.6. The topological polar surface area (TPSA) is 107 Å². The van der Waals surface area contributed by atoms with Gasteiger partial charge in [0.1, 0.15) is 17.9 Å². The quantitative estimate of drug-likeness (QED) is 0.578. The average Bonchev–Trinajstić information content (AvgIpc) is 2.93. The molecule has 0 saturated carbocycles. The molecule has 2 amide bonds. The molecule has 0 bridgehead atoms. The molecule has 0 fully saturated rings. The molecule has 0 unspecified atom stereocenters. The normalized spacial score (nSPS) is 11.6. The minimum Gasteiger partial charge on any atom is -0.382 e. The van der Waals surface area contributed by atoms with Gasteiger partial charge in [0.05, 0.1) is 11.0 Å². The van der Waals surface area contributed by atoms with Crippen LogP contribution >= 0.6 is 0 Å². The van der Waals surface area contributed by atoms with Crippen molar-refractivity contribution in [3.8, 4) is 0 Å². The predicted molar refractivity (Wildman–Crippen MR) is 106 cm³/mol. The van der Waals surface area contributed by atoms with Gasteiger partial charge in [0, 0.05) is 18.0 Å². The average molecular weight is 370 g/mol. The number of nitrogens with one attached hydrogen (secondary N) is 2. The van der Waals surface area contributed by atoms with Crippen molar-refractivity contribution in [2.75, 3.05) is 5.73 Å². The monoisotopic (exact) mass is 370 g/mol. The van der Waals surface area contributed by atoms with Gasteiger partial charge in [-0.05, 0) is 25.8 Å². The first-order chi connectivity index (χ1) is 12.9. The lowest BCUT2D eigenvalue weighted by molar-refractivity contribution is 0.0430. The highest BCUT2D eigenvalue weighted by atomic mass is 16.7. The number of rotatable bonds is 6. The number of hydrogen-bond donors (Lipinski definition) is 3. The number of urea groups is 1. The molecule has 144 valence electrons. The molecule has 0 radical (unpaired) electrons. The molecule has 3 rings (SSSR count). The molecule has 8 heteroatoms. The number of nitrogens with zero attached hydrogens (tertiary/aromatic N) is 3. The Hall–Kier alpha value is -2.87. The first-order valence-electron chi connectivity index (χ1n) is 9.08. The summed E-state index contributed by atoms with van der Waals surface area (Å²) >= 11 is 0. The zero-order valence-electron chi connectivity index (χ0n) is 16.1. The van der Waals surface area contributed by atoms with Gasteiger partial charge in [-0.3, -0.25) is 4.84 Å². The van der Waals surface area contributed by atoms with Crippen molar-refractivity contribution in [2.45, 2.75) is 46.9 Å². The smallest absolute Gasteiger partial charge is 0.338 e. The van der Waals surface area contributed by atoms with Crippen LogP contribution < -0.4 is 16.5 Å². The van der Waals surface area contributed by atoms with E-state index in [1.54, 1.807) is 0 Å².